The molecule has 0 spiro atoms. The van der Waals surface area contributed by atoms with Gasteiger partial charge >= 0.3 is 0 Å². The van der Waals surface area contributed by atoms with Gasteiger partial charge in [-0.25, -0.2) is 0 Å². The second kappa shape index (κ2) is 4.67. The highest BCUT2D eigenvalue weighted by molar-refractivity contribution is 5.43. The smallest absolute Gasteiger partial charge is 0.126 e. The molecule has 1 unspecified atom stereocenters. The van der Waals surface area contributed by atoms with Crippen LogP contribution in [-0.2, 0) is 12.8 Å². The van der Waals surface area contributed by atoms with Gasteiger partial charge in [-0.1, -0.05) is 18.2 Å². The predicted octanol–water partition coefficient (Wildman–Crippen LogP) is 2.29. The fraction of sp³-hybridized carbons (Fsp3) is 0.538. The summed E-state index contributed by atoms with van der Waals surface area (Å²) in [7, 11) is 0. The van der Waals surface area contributed by atoms with Crippen LogP contribution in [0.15, 0.2) is 18.2 Å². The highest BCUT2D eigenvalue weighted by Gasteiger charge is 2.18. The molecule has 0 amide bonds. The molecule has 0 saturated carbocycles. The molecular formula is C13H19NO. The lowest BCUT2D eigenvalue weighted by Gasteiger charge is -2.25. The summed E-state index contributed by atoms with van der Waals surface area (Å²) in [5, 5.41) is 0. The van der Waals surface area contributed by atoms with Gasteiger partial charge in [-0.15, -0.1) is 0 Å². The fourth-order valence-corrected chi connectivity index (χ4v) is 2.09. The van der Waals surface area contributed by atoms with Crippen LogP contribution in [0.25, 0.3) is 0 Å². The number of hydrogen-bond donors (Lipinski definition) is 1. The van der Waals surface area contributed by atoms with Crippen molar-refractivity contribution >= 4 is 0 Å². The summed E-state index contributed by atoms with van der Waals surface area (Å²) < 4.78 is 5.92. The molecule has 1 heterocycles. The van der Waals surface area contributed by atoms with Crippen molar-refractivity contribution in [1.82, 2.24) is 0 Å². The minimum absolute atomic E-state index is 0.358. The number of benzene rings is 1. The molecule has 2 heteroatoms. The highest BCUT2D eigenvalue weighted by Crippen LogP contribution is 2.31. The summed E-state index contributed by atoms with van der Waals surface area (Å²) in [6.45, 7) is 2.89. The van der Waals surface area contributed by atoms with Crippen LogP contribution in [-0.4, -0.2) is 12.6 Å². The first-order valence-electron chi connectivity index (χ1n) is 5.78. The molecule has 0 aliphatic carbocycles. The van der Waals surface area contributed by atoms with Crippen molar-refractivity contribution in [3.8, 4) is 5.75 Å². The number of fused-ring (bicyclic) bond motifs is 1. The van der Waals surface area contributed by atoms with Gasteiger partial charge in [-0.2, -0.15) is 0 Å². The first-order chi connectivity index (χ1) is 7.31. The molecule has 0 saturated heterocycles. The van der Waals surface area contributed by atoms with Crippen LogP contribution >= 0.6 is 0 Å². The van der Waals surface area contributed by atoms with Gasteiger partial charge in [-0.05, 0) is 50.3 Å². The Bertz CT molecular complexity index is 335. The molecule has 1 aromatic rings. The summed E-state index contributed by atoms with van der Waals surface area (Å²) in [6, 6.07) is 6.46. The maximum atomic E-state index is 5.92. The zero-order valence-corrected chi connectivity index (χ0v) is 9.33. The maximum Gasteiger partial charge on any atom is 0.126 e. The molecule has 15 heavy (non-hydrogen) atoms. The zero-order valence-electron chi connectivity index (χ0n) is 9.33. The van der Waals surface area contributed by atoms with Gasteiger partial charge in [0.25, 0.3) is 0 Å². The summed E-state index contributed by atoms with van der Waals surface area (Å²) in [6.07, 6.45) is 4.71. The van der Waals surface area contributed by atoms with Crippen molar-refractivity contribution < 1.29 is 4.74 Å². The molecule has 0 radical (unpaired) electrons. The van der Waals surface area contributed by atoms with Crippen LogP contribution in [0.2, 0.25) is 0 Å². The van der Waals surface area contributed by atoms with E-state index < -0.39 is 0 Å². The van der Waals surface area contributed by atoms with Crippen molar-refractivity contribution in [2.75, 3.05) is 6.54 Å². The molecular weight excluding hydrogens is 186 g/mol. The molecule has 82 valence electrons. The van der Waals surface area contributed by atoms with Gasteiger partial charge in [-0.3, -0.25) is 0 Å². The molecule has 1 aliphatic heterocycles. The van der Waals surface area contributed by atoms with E-state index in [-0.39, 0.29) is 0 Å². The van der Waals surface area contributed by atoms with Crippen molar-refractivity contribution in [2.45, 2.75) is 38.7 Å². The van der Waals surface area contributed by atoms with Crippen molar-refractivity contribution in [3.63, 3.8) is 0 Å². The average molecular weight is 205 g/mol. The van der Waals surface area contributed by atoms with Gasteiger partial charge in [0.2, 0.25) is 0 Å². The molecule has 1 aromatic carbocycles. The molecule has 1 atom stereocenters. The normalized spacial score (nSPS) is 19.5. The molecule has 0 fully saturated rings. The average Bonchev–Trinajstić information content (AvgIpc) is 2.26. The van der Waals surface area contributed by atoms with E-state index in [1.54, 1.807) is 0 Å². The predicted molar refractivity (Wildman–Crippen MR) is 62.2 cm³/mol. The Labute approximate surface area is 91.4 Å². The fourth-order valence-electron chi connectivity index (χ4n) is 2.09. The molecule has 0 bridgehead atoms. The maximum absolute atomic E-state index is 5.92. The number of aryl methyl sites for hydroxylation is 2. The van der Waals surface area contributed by atoms with E-state index in [0.717, 1.165) is 38.0 Å². The SMILES string of the molecule is CC1CCc2cccc(CCCN)c2O1. The first-order valence-corrected chi connectivity index (χ1v) is 5.78. The lowest BCUT2D eigenvalue weighted by atomic mass is 9.97. The zero-order chi connectivity index (χ0) is 10.7. The molecule has 2 rings (SSSR count). The van der Waals surface area contributed by atoms with E-state index in [1.165, 1.54) is 11.1 Å². The third-order valence-corrected chi connectivity index (χ3v) is 2.97. The molecule has 2 nitrogen and oxygen atoms in total. The van der Waals surface area contributed by atoms with Crippen LogP contribution in [0.3, 0.4) is 0 Å². The number of nitrogens with two attached hydrogens (primary N) is 1. The van der Waals surface area contributed by atoms with E-state index in [2.05, 4.69) is 25.1 Å². The number of hydrogen-bond acceptors (Lipinski definition) is 2. The number of para-hydroxylation sites is 1. The minimum atomic E-state index is 0.358. The Hall–Kier alpha value is -1.02. The van der Waals surface area contributed by atoms with Gasteiger partial charge in [0.1, 0.15) is 5.75 Å². The standard InChI is InChI=1S/C13H19NO/c1-10-7-8-12-5-2-4-11(6-3-9-14)13(12)15-10/h2,4-5,10H,3,6-9,14H2,1H3. The minimum Gasteiger partial charge on any atom is -0.490 e. The van der Waals surface area contributed by atoms with E-state index in [4.69, 9.17) is 10.5 Å². The molecule has 1 aliphatic rings. The Kier molecular flexibility index (Phi) is 3.27. The molecule has 2 N–H and O–H groups in total. The number of ether oxygens (including phenoxy) is 1. The van der Waals surface area contributed by atoms with Gasteiger partial charge in [0.05, 0.1) is 6.10 Å². The summed E-state index contributed by atoms with van der Waals surface area (Å²) in [4.78, 5) is 0. The summed E-state index contributed by atoms with van der Waals surface area (Å²) >= 11 is 0. The van der Waals surface area contributed by atoms with E-state index in [0.29, 0.717) is 6.10 Å². The van der Waals surface area contributed by atoms with Crippen LogP contribution in [0.1, 0.15) is 30.9 Å². The lowest BCUT2D eigenvalue weighted by molar-refractivity contribution is 0.190. The van der Waals surface area contributed by atoms with Gasteiger partial charge in [0, 0.05) is 0 Å². The Morgan fingerprint density at radius 2 is 2.33 bits per heavy atom. The van der Waals surface area contributed by atoms with E-state index in [1.807, 2.05) is 0 Å². The first kappa shape index (κ1) is 10.5. The van der Waals surface area contributed by atoms with Crippen LogP contribution in [0, 0.1) is 0 Å². The summed E-state index contributed by atoms with van der Waals surface area (Å²) in [5.74, 6) is 1.13. The van der Waals surface area contributed by atoms with Crippen LogP contribution < -0.4 is 10.5 Å². The van der Waals surface area contributed by atoms with E-state index in [9.17, 15) is 0 Å². The van der Waals surface area contributed by atoms with Crippen LogP contribution in [0.4, 0.5) is 0 Å². The van der Waals surface area contributed by atoms with Gasteiger partial charge in [0.15, 0.2) is 0 Å². The topological polar surface area (TPSA) is 35.2 Å². The summed E-state index contributed by atoms with van der Waals surface area (Å²) in [5.41, 5.74) is 8.23. The molecule has 0 aromatic heterocycles. The Balaban J connectivity index is 2.23. The highest BCUT2D eigenvalue weighted by atomic mass is 16.5. The monoisotopic (exact) mass is 205 g/mol. The van der Waals surface area contributed by atoms with Crippen molar-refractivity contribution in [2.24, 2.45) is 5.73 Å². The lowest BCUT2D eigenvalue weighted by Crippen LogP contribution is -2.20. The second-order valence-corrected chi connectivity index (χ2v) is 4.26. The quantitative estimate of drug-likeness (QED) is 0.821. The number of rotatable bonds is 3. The van der Waals surface area contributed by atoms with Crippen molar-refractivity contribution in [1.29, 1.82) is 0 Å². The third kappa shape index (κ3) is 2.32. The van der Waals surface area contributed by atoms with Gasteiger partial charge < -0.3 is 10.5 Å². The Morgan fingerprint density at radius 3 is 3.13 bits per heavy atom. The Morgan fingerprint density at radius 1 is 1.47 bits per heavy atom. The third-order valence-electron chi connectivity index (χ3n) is 2.97. The van der Waals surface area contributed by atoms with Crippen LogP contribution in [0.5, 0.6) is 5.75 Å². The largest absolute Gasteiger partial charge is 0.490 e. The second-order valence-electron chi connectivity index (χ2n) is 4.26. The van der Waals surface area contributed by atoms with Crippen molar-refractivity contribution in [3.05, 3.63) is 29.3 Å². The van der Waals surface area contributed by atoms with E-state index >= 15 is 0 Å².